The second-order valence-corrected chi connectivity index (χ2v) is 7.07. The summed E-state index contributed by atoms with van der Waals surface area (Å²) < 4.78 is 15.6. The van der Waals surface area contributed by atoms with Gasteiger partial charge in [0.15, 0.2) is 5.96 Å². The lowest BCUT2D eigenvalue weighted by molar-refractivity contribution is 0.625. The molecule has 0 spiro atoms. The van der Waals surface area contributed by atoms with Crippen LogP contribution in [0.1, 0.15) is 17.0 Å². The lowest BCUT2D eigenvalue weighted by Crippen LogP contribution is -2.37. The Morgan fingerprint density at radius 1 is 1.15 bits per heavy atom. The normalized spacial score (nSPS) is 11.8. The maximum Gasteiger partial charge on any atom is 0.191 e. The summed E-state index contributed by atoms with van der Waals surface area (Å²) in [5.74, 6) is 2.19. The van der Waals surface area contributed by atoms with Crippen LogP contribution in [0.15, 0.2) is 47.5 Å². The van der Waals surface area contributed by atoms with E-state index in [2.05, 4.69) is 31.2 Å². The minimum Gasteiger partial charge on any atom is -0.352 e. The van der Waals surface area contributed by atoms with Gasteiger partial charge in [-0.1, -0.05) is 18.2 Å². The molecule has 0 aliphatic heterocycles. The maximum absolute atomic E-state index is 13.5. The molecule has 0 atom stereocenters. The molecule has 0 unspecified atom stereocenters. The van der Waals surface area contributed by atoms with Gasteiger partial charge in [0.05, 0.1) is 17.6 Å². The Balaban J connectivity index is 1.64. The summed E-state index contributed by atoms with van der Waals surface area (Å²) in [5, 5.41) is 6.59. The van der Waals surface area contributed by atoms with E-state index < -0.39 is 0 Å². The van der Waals surface area contributed by atoms with Crippen molar-refractivity contribution >= 4 is 28.8 Å². The summed E-state index contributed by atoms with van der Waals surface area (Å²) in [7, 11) is 3.74. The predicted octanol–water partition coefficient (Wildman–Crippen LogP) is 3.44. The van der Waals surface area contributed by atoms with Gasteiger partial charge < -0.3 is 15.2 Å². The molecule has 27 heavy (non-hydrogen) atoms. The summed E-state index contributed by atoms with van der Waals surface area (Å²) in [6.07, 6.45) is 2.01. The van der Waals surface area contributed by atoms with Gasteiger partial charge in [0.2, 0.25) is 0 Å². The molecule has 3 rings (SSSR count). The first-order valence-corrected chi connectivity index (χ1v) is 10.1. The topological polar surface area (TPSA) is 54.2 Å². The number of nitrogens with one attached hydrogen (secondary N) is 2. The molecule has 0 saturated carbocycles. The number of imidazole rings is 1. The van der Waals surface area contributed by atoms with Gasteiger partial charge in [0, 0.05) is 26.4 Å². The van der Waals surface area contributed by atoms with Gasteiger partial charge in [0.1, 0.15) is 11.6 Å². The number of aryl methyl sites for hydroxylation is 1. The number of para-hydroxylation sites is 2. The molecule has 1 aromatic heterocycles. The molecule has 2 aromatic carbocycles. The fraction of sp³-hybridized carbons (Fsp3) is 0.300. The minimum absolute atomic E-state index is 0.202. The first-order valence-electron chi connectivity index (χ1n) is 8.73. The molecule has 2 N–H and O–H groups in total. The van der Waals surface area contributed by atoms with Crippen LogP contribution in [0.5, 0.6) is 0 Å². The van der Waals surface area contributed by atoms with Crippen LogP contribution in [0.2, 0.25) is 0 Å². The van der Waals surface area contributed by atoms with Crippen molar-refractivity contribution in [2.45, 2.75) is 18.8 Å². The summed E-state index contributed by atoms with van der Waals surface area (Å²) in [5.41, 5.74) is 4.15. The van der Waals surface area contributed by atoms with Gasteiger partial charge in [-0.15, -0.1) is 0 Å². The number of aliphatic imine (C=N–C) groups is 1. The Hall–Kier alpha value is -2.54. The van der Waals surface area contributed by atoms with Crippen molar-refractivity contribution in [2.75, 3.05) is 13.3 Å². The molecule has 5 nitrogen and oxygen atoms in total. The molecule has 7 heteroatoms. The van der Waals surface area contributed by atoms with Crippen LogP contribution in [0.25, 0.3) is 11.0 Å². The van der Waals surface area contributed by atoms with Gasteiger partial charge >= 0.3 is 0 Å². The highest BCUT2D eigenvalue weighted by Gasteiger charge is 2.09. The molecule has 1 heterocycles. The van der Waals surface area contributed by atoms with E-state index in [4.69, 9.17) is 0 Å². The van der Waals surface area contributed by atoms with E-state index in [0.29, 0.717) is 19.0 Å². The van der Waals surface area contributed by atoms with E-state index in [0.717, 1.165) is 33.7 Å². The van der Waals surface area contributed by atoms with Crippen molar-refractivity contribution < 1.29 is 4.39 Å². The standard InChI is InChI=1S/C20H24FN5S/c1-22-20(23-11-14-8-9-16(21)10-15(14)13-27-3)24-12-19-25-17-6-4-5-7-18(17)26(19)2/h4-10H,11-13H2,1-3H3,(H2,22,23,24). The zero-order valence-electron chi connectivity index (χ0n) is 15.8. The highest BCUT2D eigenvalue weighted by molar-refractivity contribution is 7.97. The fourth-order valence-electron chi connectivity index (χ4n) is 2.97. The summed E-state index contributed by atoms with van der Waals surface area (Å²) in [6.45, 7) is 1.14. The maximum atomic E-state index is 13.5. The zero-order chi connectivity index (χ0) is 19.2. The number of guanidine groups is 1. The molecule has 0 fully saturated rings. The van der Waals surface area contributed by atoms with E-state index in [9.17, 15) is 4.39 Å². The Kier molecular flexibility index (Phi) is 6.34. The van der Waals surface area contributed by atoms with Gasteiger partial charge in [-0.05, 0) is 41.6 Å². The quantitative estimate of drug-likeness (QED) is 0.504. The van der Waals surface area contributed by atoms with Crippen molar-refractivity contribution in [3.8, 4) is 0 Å². The third-order valence-electron chi connectivity index (χ3n) is 4.43. The van der Waals surface area contributed by atoms with Crippen LogP contribution in [0.4, 0.5) is 4.39 Å². The Bertz CT molecular complexity index is 951. The van der Waals surface area contributed by atoms with Crippen LogP contribution in [0, 0.1) is 5.82 Å². The third kappa shape index (κ3) is 4.60. The largest absolute Gasteiger partial charge is 0.352 e. The fourth-order valence-corrected chi connectivity index (χ4v) is 3.55. The summed E-state index contributed by atoms with van der Waals surface area (Å²) in [4.78, 5) is 8.93. The van der Waals surface area contributed by atoms with Crippen molar-refractivity contribution in [2.24, 2.45) is 12.0 Å². The zero-order valence-corrected chi connectivity index (χ0v) is 16.6. The second kappa shape index (κ2) is 8.90. The molecule has 0 bridgehead atoms. The molecule has 0 saturated heterocycles. The Morgan fingerprint density at radius 2 is 1.93 bits per heavy atom. The predicted molar refractivity (Wildman–Crippen MR) is 111 cm³/mol. The molecular formula is C20H24FN5S. The van der Waals surface area contributed by atoms with Crippen LogP contribution in [0.3, 0.4) is 0 Å². The number of fused-ring (bicyclic) bond motifs is 1. The van der Waals surface area contributed by atoms with Crippen molar-refractivity contribution in [1.29, 1.82) is 0 Å². The van der Waals surface area contributed by atoms with E-state index in [-0.39, 0.29) is 5.82 Å². The Morgan fingerprint density at radius 3 is 2.67 bits per heavy atom. The minimum atomic E-state index is -0.202. The summed E-state index contributed by atoms with van der Waals surface area (Å²) >= 11 is 1.68. The van der Waals surface area contributed by atoms with Gasteiger partial charge in [-0.2, -0.15) is 11.8 Å². The van der Waals surface area contributed by atoms with Crippen LogP contribution < -0.4 is 10.6 Å². The van der Waals surface area contributed by atoms with Crippen LogP contribution in [-0.2, 0) is 25.9 Å². The lowest BCUT2D eigenvalue weighted by atomic mass is 10.1. The average Bonchev–Trinajstić information content (AvgIpc) is 3.00. The molecule has 0 amide bonds. The molecule has 142 valence electrons. The molecule has 0 aliphatic carbocycles. The van der Waals surface area contributed by atoms with Crippen molar-refractivity contribution in [1.82, 2.24) is 20.2 Å². The molecular weight excluding hydrogens is 361 g/mol. The monoisotopic (exact) mass is 385 g/mol. The second-order valence-electron chi connectivity index (χ2n) is 6.20. The van der Waals surface area contributed by atoms with E-state index >= 15 is 0 Å². The third-order valence-corrected chi connectivity index (χ3v) is 5.03. The molecule has 0 radical (unpaired) electrons. The molecule has 0 aliphatic rings. The number of halogens is 1. The number of hydrogen-bond donors (Lipinski definition) is 2. The lowest BCUT2D eigenvalue weighted by Gasteiger charge is -2.14. The van der Waals surface area contributed by atoms with E-state index in [1.54, 1.807) is 24.9 Å². The van der Waals surface area contributed by atoms with Crippen LogP contribution >= 0.6 is 11.8 Å². The highest BCUT2D eigenvalue weighted by atomic mass is 32.2. The summed E-state index contributed by atoms with van der Waals surface area (Å²) in [6, 6.07) is 13.0. The van der Waals surface area contributed by atoms with Crippen molar-refractivity contribution in [3.05, 3.63) is 65.2 Å². The first-order chi connectivity index (χ1) is 13.1. The number of hydrogen-bond acceptors (Lipinski definition) is 3. The Labute approximate surface area is 163 Å². The van der Waals surface area contributed by atoms with Gasteiger partial charge in [-0.25, -0.2) is 9.37 Å². The van der Waals surface area contributed by atoms with E-state index in [1.165, 1.54) is 6.07 Å². The number of aromatic nitrogens is 2. The first kappa shape index (κ1) is 19.2. The number of rotatable bonds is 6. The van der Waals surface area contributed by atoms with E-state index in [1.807, 2.05) is 37.6 Å². The van der Waals surface area contributed by atoms with Gasteiger partial charge in [0.25, 0.3) is 0 Å². The average molecular weight is 386 g/mol. The highest BCUT2D eigenvalue weighted by Crippen LogP contribution is 2.17. The number of nitrogens with zero attached hydrogens (tertiary/aromatic N) is 3. The smallest absolute Gasteiger partial charge is 0.191 e. The van der Waals surface area contributed by atoms with Gasteiger partial charge in [-0.3, -0.25) is 4.99 Å². The van der Waals surface area contributed by atoms with Crippen molar-refractivity contribution in [3.63, 3.8) is 0 Å². The van der Waals surface area contributed by atoms with Crippen LogP contribution in [-0.4, -0.2) is 28.8 Å². The number of thioether (sulfide) groups is 1. The SMILES string of the molecule is CN=C(NCc1ccc(F)cc1CSC)NCc1nc2ccccc2n1C. The number of benzene rings is 2. The molecule has 3 aromatic rings.